The van der Waals surface area contributed by atoms with Gasteiger partial charge in [-0.05, 0) is 30.5 Å². The Morgan fingerprint density at radius 3 is 2.39 bits per heavy atom. The maximum Gasteiger partial charge on any atom is 0.338 e. The Labute approximate surface area is 193 Å². The van der Waals surface area contributed by atoms with Crippen molar-refractivity contribution < 1.29 is 28.7 Å². The maximum absolute atomic E-state index is 12.8. The Morgan fingerprint density at radius 2 is 1.64 bits per heavy atom. The van der Waals surface area contributed by atoms with Crippen molar-refractivity contribution in [1.29, 1.82) is 0 Å². The summed E-state index contributed by atoms with van der Waals surface area (Å²) >= 11 is 0. The van der Waals surface area contributed by atoms with E-state index < -0.39 is 24.5 Å². The smallest absolute Gasteiger partial charge is 0.338 e. The van der Waals surface area contributed by atoms with Crippen LogP contribution in [0.4, 0.5) is 0 Å². The molecule has 7 nitrogen and oxygen atoms in total. The van der Waals surface area contributed by atoms with Gasteiger partial charge in [-0.2, -0.15) is 0 Å². The third kappa shape index (κ3) is 5.01. The lowest BCUT2D eigenvalue weighted by Crippen LogP contribution is -2.51. The number of hydroxylamine groups is 2. The molecule has 3 fully saturated rings. The second-order valence-electron chi connectivity index (χ2n) is 8.92. The zero-order valence-electron chi connectivity index (χ0n) is 18.5. The Balaban J connectivity index is 1.31. The molecule has 2 aromatic carbocycles. The summed E-state index contributed by atoms with van der Waals surface area (Å²) in [6.45, 7) is 0. The predicted octanol–water partition coefficient (Wildman–Crippen LogP) is 4.19. The molecule has 2 aromatic rings. The van der Waals surface area contributed by atoms with Crippen molar-refractivity contribution >= 4 is 12.3 Å². The van der Waals surface area contributed by atoms with Gasteiger partial charge < -0.3 is 14.3 Å². The highest BCUT2D eigenvalue weighted by Crippen LogP contribution is 2.39. The highest BCUT2D eigenvalue weighted by molar-refractivity contribution is 5.89. The SMILES string of the molecule is O=C[C@H]1C[C@H]2[C@H](OC(=O)c3ccccc3)C[C@H](O[C@H]3CCCC[C@@H]3c3ccccc3)ON2O1. The van der Waals surface area contributed by atoms with Crippen molar-refractivity contribution in [3.8, 4) is 0 Å². The summed E-state index contributed by atoms with van der Waals surface area (Å²) in [5.41, 5.74) is 1.75. The Kier molecular flexibility index (Phi) is 6.83. The normalized spacial score (nSPS) is 32.1. The number of hydrogen-bond acceptors (Lipinski definition) is 7. The van der Waals surface area contributed by atoms with Crippen LogP contribution in [0.3, 0.4) is 0 Å². The molecular weight excluding hydrogens is 422 g/mol. The molecule has 0 bridgehead atoms. The van der Waals surface area contributed by atoms with Gasteiger partial charge in [0.1, 0.15) is 18.2 Å². The van der Waals surface area contributed by atoms with E-state index in [1.165, 1.54) is 17.2 Å². The predicted molar refractivity (Wildman–Crippen MR) is 119 cm³/mol. The molecule has 0 spiro atoms. The minimum absolute atomic E-state index is 0.00218. The largest absolute Gasteiger partial charge is 0.457 e. The maximum atomic E-state index is 12.8. The molecule has 2 heterocycles. The van der Waals surface area contributed by atoms with Crippen LogP contribution in [0, 0.1) is 0 Å². The summed E-state index contributed by atoms with van der Waals surface area (Å²) in [6, 6.07) is 19.0. The first-order chi connectivity index (χ1) is 16.2. The molecule has 1 aliphatic carbocycles. The third-order valence-corrected chi connectivity index (χ3v) is 6.74. The number of ether oxygens (including phenoxy) is 2. The van der Waals surface area contributed by atoms with Crippen LogP contribution >= 0.6 is 0 Å². The zero-order chi connectivity index (χ0) is 22.6. The van der Waals surface area contributed by atoms with Crippen molar-refractivity contribution in [2.75, 3.05) is 0 Å². The molecule has 0 unspecified atom stereocenters. The molecule has 7 heteroatoms. The van der Waals surface area contributed by atoms with E-state index in [1.54, 1.807) is 24.3 Å². The molecule has 5 rings (SSSR count). The van der Waals surface area contributed by atoms with Gasteiger partial charge in [-0.1, -0.05) is 66.6 Å². The number of carbonyl (C=O) groups is 2. The van der Waals surface area contributed by atoms with Gasteiger partial charge in [0.25, 0.3) is 0 Å². The minimum atomic E-state index is -0.630. The van der Waals surface area contributed by atoms with Crippen molar-refractivity contribution in [2.45, 2.75) is 75.1 Å². The van der Waals surface area contributed by atoms with Crippen LogP contribution in [0.5, 0.6) is 0 Å². The summed E-state index contributed by atoms with van der Waals surface area (Å²) in [6.07, 6.45) is 4.03. The van der Waals surface area contributed by atoms with Gasteiger partial charge in [0.2, 0.25) is 0 Å². The number of fused-ring (bicyclic) bond motifs is 1. The molecule has 0 radical (unpaired) electrons. The number of nitrogens with zero attached hydrogens (tertiary/aromatic N) is 1. The molecule has 0 aromatic heterocycles. The lowest BCUT2D eigenvalue weighted by atomic mass is 9.81. The quantitative estimate of drug-likeness (QED) is 0.482. The van der Waals surface area contributed by atoms with E-state index in [4.69, 9.17) is 19.1 Å². The van der Waals surface area contributed by atoms with Gasteiger partial charge in [0, 0.05) is 18.8 Å². The minimum Gasteiger partial charge on any atom is -0.457 e. The molecule has 6 atom stereocenters. The van der Waals surface area contributed by atoms with Crippen LogP contribution in [0.1, 0.15) is 60.4 Å². The van der Waals surface area contributed by atoms with Crippen LogP contribution in [0.25, 0.3) is 0 Å². The van der Waals surface area contributed by atoms with Gasteiger partial charge in [-0.15, -0.1) is 0 Å². The average molecular weight is 452 g/mol. The molecule has 174 valence electrons. The standard InChI is InChI=1S/C26H29NO6/c28-17-20-15-22-24(31-26(29)19-11-5-2-6-12-19)16-25(33-27(22)32-20)30-23-14-8-7-13-21(23)18-9-3-1-4-10-18/h1-6,9-12,17,20-25H,7-8,13-16H2/t20-,21-,22+,23+,24-,25-/m1/s1. The van der Waals surface area contributed by atoms with Gasteiger partial charge >= 0.3 is 5.97 Å². The molecule has 2 aliphatic heterocycles. The number of benzene rings is 2. The fourth-order valence-corrected chi connectivity index (χ4v) is 5.08. The molecular formula is C26H29NO6. The summed E-state index contributed by atoms with van der Waals surface area (Å²) in [7, 11) is 0. The van der Waals surface area contributed by atoms with E-state index in [2.05, 4.69) is 24.3 Å². The fourth-order valence-electron chi connectivity index (χ4n) is 5.08. The molecule has 33 heavy (non-hydrogen) atoms. The second kappa shape index (κ2) is 10.1. The Hall–Kier alpha value is -2.58. The summed E-state index contributed by atoms with van der Waals surface area (Å²) in [5, 5.41) is 1.32. The Morgan fingerprint density at radius 1 is 0.909 bits per heavy atom. The monoisotopic (exact) mass is 451 g/mol. The zero-order valence-corrected chi connectivity index (χ0v) is 18.5. The van der Waals surface area contributed by atoms with Crippen molar-refractivity contribution in [3.63, 3.8) is 0 Å². The molecule has 0 N–H and O–H groups in total. The first-order valence-electron chi connectivity index (χ1n) is 11.8. The van der Waals surface area contributed by atoms with E-state index in [1.807, 2.05) is 12.1 Å². The van der Waals surface area contributed by atoms with Crippen molar-refractivity contribution in [1.82, 2.24) is 5.23 Å². The van der Waals surface area contributed by atoms with E-state index in [0.717, 1.165) is 25.5 Å². The highest BCUT2D eigenvalue weighted by atomic mass is 17.0. The molecule has 1 saturated carbocycles. The van der Waals surface area contributed by atoms with Crippen LogP contribution in [-0.2, 0) is 23.9 Å². The fraction of sp³-hybridized carbons (Fsp3) is 0.462. The van der Waals surface area contributed by atoms with Gasteiger partial charge in [0.05, 0.1) is 11.7 Å². The van der Waals surface area contributed by atoms with Crippen molar-refractivity contribution in [3.05, 3.63) is 71.8 Å². The Bertz CT molecular complexity index is 938. The van der Waals surface area contributed by atoms with E-state index >= 15 is 0 Å². The van der Waals surface area contributed by atoms with Crippen LogP contribution in [0.15, 0.2) is 60.7 Å². The van der Waals surface area contributed by atoms with Crippen LogP contribution < -0.4 is 0 Å². The van der Waals surface area contributed by atoms with E-state index in [9.17, 15) is 9.59 Å². The van der Waals surface area contributed by atoms with Crippen LogP contribution in [0.2, 0.25) is 0 Å². The average Bonchev–Trinajstić information content (AvgIpc) is 3.29. The highest BCUT2D eigenvalue weighted by Gasteiger charge is 2.48. The molecule has 3 aliphatic rings. The second-order valence-corrected chi connectivity index (χ2v) is 8.92. The van der Waals surface area contributed by atoms with Crippen molar-refractivity contribution in [2.24, 2.45) is 0 Å². The summed E-state index contributed by atoms with van der Waals surface area (Å²) in [4.78, 5) is 35.7. The molecule has 2 saturated heterocycles. The van der Waals surface area contributed by atoms with Gasteiger partial charge in [0.15, 0.2) is 12.6 Å². The summed E-state index contributed by atoms with van der Waals surface area (Å²) in [5.74, 6) is -0.121. The summed E-state index contributed by atoms with van der Waals surface area (Å²) < 4.78 is 12.3. The van der Waals surface area contributed by atoms with Crippen LogP contribution in [-0.4, -0.2) is 48.1 Å². The van der Waals surface area contributed by atoms with E-state index in [0.29, 0.717) is 18.4 Å². The van der Waals surface area contributed by atoms with Gasteiger partial charge in [-0.3, -0.25) is 4.84 Å². The number of aldehydes is 1. The molecule has 0 amide bonds. The van der Waals surface area contributed by atoms with Gasteiger partial charge in [-0.25, -0.2) is 9.63 Å². The first-order valence-corrected chi connectivity index (χ1v) is 11.8. The lowest BCUT2D eigenvalue weighted by Gasteiger charge is -2.41. The third-order valence-electron chi connectivity index (χ3n) is 6.74. The number of carbonyl (C=O) groups excluding carboxylic acids is 2. The number of rotatable bonds is 6. The number of hydrogen-bond donors (Lipinski definition) is 0. The van der Waals surface area contributed by atoms with E-state index in [-0.39, 0.29) is 18.1 Å². The first kappa shape index (κ1) is 22.2. The number of esters is 1. The topological polar surface area (TPSA) is 74.3 Å². The lowest BCUT2D eigenvalue weighted by molar-refractivity contribution is -0.446.